The lowest BCUT2D eigenvalue weighted by Crippen LogP contribution is -2.46. The monoisotopic (exact) mass is 299 g/mol. The number of carbonyl (C=O) groups is 3. The number of guanidine groups is 1. The van der Waals surface area contributed by atoms with Crippen LogP contribution in [0.1, 0.15) is 20.8 Å². The molecular formula is C9H12F3N3O5. The molecule has 114 valence electrons. The van der Waals surface area contributed by atoms with Crippen LogP contribution in [0.25, 0.3) is 0 Å². The number of nitrogens with zero attached hydrogens (tertiary/aromatic N) is 1. The summed E-state index contributed by atoms with van der Waals surface area (Å²) in [6, 6.07) is 0. The second-order valence-electron chi connectivity index (χ2n) is 4.32. The summed E-state index contributed by atoms with van der Waals surface area (Å²) in [4.78, 5) is 34.6. The zero-order valence-corrected chi connectivity index (χ0v) is 10.7. The van der Waals surface area contributed by atoms with Crippen molar-refractivity contribution in [2.45, 2.75) is 32.5 Å². The maximum absolute atomic E-state index is 12.0. The lowest BCUT2D eigenvalue weighted by atomic mass is 10.2. The summed E-state index contributed by atoms with van der Waals surface area (Å²) in [5.74, 6) is -3.80. The maximum Gasteiger partial charge on any atom is 0.473 e. The molecule has 0 aromatic heterocycles. The van der Waals surface area contributed by atoms with Gasteiger partial charge in [-0.05, 0) is 20.8 Å². The van der Waals surface area contributed by atoms with Crippen LogP contribution >= 0.6 is 0 Å². The molecule has 0 atom stereocenters. The Morgan fingerprint density at radius 2 is 1.60 bits per heavy atom. The van der Waals surface area contributed by atoms with Crippen molar-refractivity contribution < 1.29 is 37.4 Å². The summed E-state index contributed by atoms with van der Waals surface area (Å²) in [5, 5.41) is 11.3. The smallest absolute Gasteiger partial charge is 0.465 e. The second-order valence-corrected chi connectivity index (χ2v) is 4.32. The van der Waals surface area contributed by atoms with E-state index >= 15 is 0 Å². The van der Waals surface area contributed by atoms with Crippen LogP contribution in [0.4, 0.5) is 22.8 Å². The van der Waals surface area contributed by atoms with Crippen molar-refractivity contribution in [2.24, 2.45) is 4.99 Å². The average molecular weight is 299 g/mol. The van der Waals surface area contributed by atoms with Crippen LogP contribution in [0.3, 0.4) is 0 Å². The van der Waals surface area contributed by atoms with Gasteiger partial charge in [0, 0.05) is 0 Å². The lowest BCUT2D eigenvalue weighted by molar-refractivity contribution is -0.169. The fourth-order valence-electron chi connectivity index (χ4n) is 0.754. The molecule has 20 heavy (non-hydrogen) atoms. The summed E-state index contributed by atoms with van der Waals surface area (Å²) in [6.07, 6.45) is -8.41. The fourth-order valence-corrected chi connectivity index (χ4v) is 0.754. The first-order valence-corrected chi connectivity index (χ1v) is 5.01. The summed E-state index contributed by atoms with van der Waals surface area (Å²) >= 11 is 0. The van der Waals surface area contributed by atoms with E-state index in [-0.39, 0.29) is 0 Å². The van der Waals surface area contributed by atoms with Gasteiger partial charge in [-0.15, -0.1) is 0 Å². The van der Waals surface area contributed by atoms with E-state index in [2.05, 4.69) is 9.73 Å². The Bertz CT molecular complexity index is 439. The quantitative estimate of drug-likeness (QED) is 0.459. The second kappa shape index (κ2) is 6.21. The van der Waals surface area contributed by atoms with Crippen molar-refractivity contribution in [2.75, 3.05) is 0 Å². The molecule has 11 heteroatoms. The van der Waals surface area contributed by atoms with Gasteiger partial charge in [0.2, 0.25) is 5.96 Å². The Morgan fingerprint density at radius 1 is 1.10 bits per heavy atom. The number of rotatable bonds is 0. The normalized spacial score (nSPS) is 12.6. The molecule has 0 rings (SSSR count). The summed E-state index contributed by atoms with van der Waals surface area (Å²) in [5.41, 5.74) is -0.980. The molecule has 0 heterocycles. The van der Waals surface area contributed by atoms with Crippen LogP contribution in [0.15, 0.2) is 4.99 Å². The van der Waals surface area contributed by atoms with Gasteiger partial charge in [0.15, 0.2) is 0 Å². The topological polar surface area (TPSA) is 117 Å². The standard InChI is InChI=1S/C9H12F3N3O5/c1-8(2,3)20-7(19)15-5(14-6(17)18)13-4(16)9(10,11)12/h1-3H3,(H,17,18)(H2,13,14,15,16,19). The highest BCUT2D eigenvalue weighted by atomic mass is 19.4. The minimum absolute atomic E-state index is 0.980. The summed E-state index contributed by atoms with van der Waals surface area (Å²) < 4.78 is 40.6. The van der Waals surface area contributed by atoms with E-state index in [0.717, 1.165) is 0 Å². The van der Waals surface area contributed by atoms with Crippen molar-refractivity contribution >= 4 is 24.1 Å². The molecule has 0 bridgehead atoms. The molecule has 0 spiro atoms. The molecule has 0 radical (unpaired) electrons. The molecule has 8 nitrogen and oxygen atoms in total. The van der Waals surface area contributed by atoms with Gasteiger partial charge >= 0.3 is 24.3 Å². The number of carboxylic acid groups (broad SMARTS) is 1. The van der Waals surface area contributed by atoms with Crippen LogP contribution in [-0.2, 0) is 9.53 Å². The Labute approximate surface area is 111 Å². The fraction of sp³-hybridized carbons (Fsp3) is 0.556. The third kappa shape index (κ3) is 7.89. The maximum atomic E-state index is 12.0. The molecule has 0 aromatic rings. The molecular weight excluding hydrogens is 287 g/mol. The molecule has 0 aliphatic carbocycles. The average Bonchev–Trinajstić information content (AvgIpc) is 2.10. The van der Waals surface area contributed by atoms with E-state index in [1.807, 2.05) is 0 Å². The lowest BCUT2D eigenvalue weighted by Gasteiger charge is -2.19. The van der Waals surface area contributed by atoms with Gasteiger partial charge in [-0.25, -0.2) is 9.59 Å². The summed E-state index contributed by atoms with van der Waals surface area (Å²) in [7, 11) is 0. The molecule has 3 N–H and O–H groups in total. The first-order valence-electron chi connectivity index (χ1n) is 5.01. The van der Waals surface area contributed by atoms with Crippen LogP contribution in [-0.4, -0.2) is 40.9 Å². The molecule has 0 fully saturated rings. The van der Waals surface area contributed by atoms with Crippen molar-refractivity contribution in [1.82, 2.24) is 10.6 Å². The van der Waals surface area contributed by atoms with Crippen molar-refractivity contribution in [3.63, 3.8) is 0 Å². The Kier molecular flexibility index (Phi) is 5.49. The zero-order valence-electron chi connectivity index (χ0n) is 10.7. The van der Waals surface area contributed by atoms with E-state index < -0.39 is 35.8 Å². The minimum Gasteiger partial charge on any atom is -0.465 e. The third-order valence-corrected chi connectivity index (χ3v) is 1.30. The van der Waals surface area contributed by atoms with E-state index in [0.29, 0.717) is 0 Å². The molecule has 0 unspecified atom stereocenters. The van der Waals surface area contributed by atoms with E-state index in [1.54, 1.807) is 5.32 Å². The van der Waals surface area contributed by atoms with E-state index in [1.165, 1.54) is 26.1 Å². The van der Waals surface area contributed by atoms with Crippen molar-refractivity contribution in [3.8, 4) is 0 Å². The number of aliphatic imine (C=N–C) groups is 1. The molecule has 0 aromatic carbocycles. The number of nitrogens with one attached hydrogen (secondary N) is 2. The van der Waals surface area contributed by atoms with Gasteiger partial charge in [-0.1, -0.05) is 0 Å². The largest absolute Gasteiger partial charge is 0.473 e. The number of hydrogen-bond donors (Lipinski definition) is 3. The highest BCUT2D eigenvalue weighted by molar-refractivity contribution is 6.06. The summed E-state index contributed by atoms with van der Waals surface area (Å²) in [6.45, 7) is 4.40. The highest BCUT2D eigenvalue weighted by Gasteiger charge is 2.39. The first kappa shape index (κ1) is 17.7. The number of carbonyl (C=O) groups excluding carboxylic acids is 2. The first-order chi connectivity index (χ1) is 8.81. The number of hydrogen-bond acceptors (Lipinski definition) is 4. The zero-order chi connectivity index (χ0) is 16.1. The predicted molar refractivity (Wildman–Crippen MR) is 59.0 cm³/mol. The van der Waals surface area contributed by atoms with E-state index in [4.69, 9.17) is 5.11 Å². The molecule has 0 saturated carbocycles. The van der Waals surface area contributed by atoms with Gasteiger partial charge in [0.25, 0.3) is 0 Å². The van der Waals surface area contributed by atoms with Crippen molar-refractivity contribution in [3.05, 3.63) is 0 Å². The third-order valence-electron chi connectivity index (χ3n) is 1.30. The van der Waals surface area contributed by atoms with Gasteiger partial charge in [-0.2, -0.15) is 18.2 Å². The Morgan fingerprint density at radius 3 is 1.95 bits per heavy atom. The Hall–Kier alpha value is -2.33. The SMILES string of the molecule is CC(C)(C)OC(=O)N/C(=N/C(=O)C(F)(F)F)NC(=O)O. The van der Waals surface area contributed by atoms with Crippen molar-refractivity contribution in [1.29, 1.82) is 0 Å². The molecule has 0 saturated heterocycles. The van der Waals surface area contributed by atoms with Crippen LogP contribution in [0, 0.1) is 0 Å². The van der Waals surface area contributed by atoms with E-state index in [9.17, 15) is 27.6 Å². The van der Waals surface area contributed by atoms with Crippen LogP contribution in [0.2, 0.25) is 0 Å². The van der Waals surface area contributed by atoms with Crippen LogP contribution in [0.5, 0.6) is 0 Å². The highest BCUT2D eigenvalue weighted by Crippen LogP contribution is 2.16. The number of halogens is 3. The predicted octanol–water partition coefficient (Wildman–Crippen LogP) is 1.22. The molecule has 3 amide bonds. The van der Waals surface area contributed by atoms with Crippen LogP contribution < -0.4 is 10.6 Å². The molecule has 0 aliphatic rings. The molecule has 0 aliphatic heterocycles. The van der Waals surface area contributed by atoms with Gasteiger partial charge in [0.1, 0.15) is 5.60 Å². The Balaban J connectivity index is 5.00. The van der Waals surface area contributed by atoms with Gasteiger partial charge in [0.05, 0.1) is 0 Å². The number of alkyl carbamates (subject to hydrolysis) is 1. The minimum atomic E-state index is -5.30. The van der Waals surface area contributed by atoms with Gasteiger partial charge < -0.3 is 9.84 Å². The number of alkyl halides is 3. The number of amides is 3. The number of ether oxygens (including phenoxy) is 1. The van der Waals surface area contributed by atoms with Gasteiger partial charge in [-0.3, -0.25) is 15.4 Å².